The van der Waals surface area contributed by atoms with Crippen LogP contribution in [0.15, 0.2) is 36.4 Å². The van der Waals surface area contributed by atoms with Crippen molar-refractivity contribution in [2.75, 3.05) is 38.3 Å². The average Bonchev–Trinajstić information content (AvgIpc) is 2.63. The van der Waals surface area contributed by atoms with Crippen molar-refractivity contribution in [3.63, 3.8) is 0 Å². The highest BCUT2D eigenvalue weighted by Gasteiger charge is 2.22. The first-order valence-electron chi connectivity index (χ1n) is 8.55. The van der Waals surface area contributed by atoms with Crippen LogP contribution in [0, 0.1) is 5.92 Å². The number of ether oxygens (including phenoxy) is 1. The second-order valence-corrected chi connectivity index (χ2v) is 6.44. The van der Waals surface area contributed by atoms with Gasteiger partial charge in [0, 0.05) is 38.3 Å². The molecule has 1 aromatic rings. The largest absolute Gasteiger partial charge is 0.378 e. The topological polar surface area (TPSA) is 32.8 Å². The van der Waals surface area contributed by atoms with Crippen LogP contribution >= 0.6 is 0 Å². The third-order valence-electron chi connectivity index (χ3n) is 4.73. The van der Waals surface area contributed by atoms with Crippen molar-refractivity contribution in [1.29, 1.82) is 0 Å². The Morgan fingerprint density at radius 3 is 2.61 bits per heavy atom. The summed E-state index contributed by atoms with van der Waals surface area (Å²) < 4.78 is 5.39. The van der Waals surface area contributed by atoms with Crippen LogP contribution in [-0.2, 0) is 16.1 Å². The lowest BCUT2D eigenvalue weighted by Gasteiger charge is -2.29. The molecule has 1 aliphatic heterocycles. The van der Waals surface area contributed by atoms with Crippen molar-refractivity contribution in [1.82, 2.24) is 4.90 Å². The molecule has 4 nitrogen and oxygen atoms in total. The zero-order valence-corrected chi connectivity index (χ0v) is 13.9. The molecule has 1 fully saturated rings. The molecule has 0 N–H and O–H groups in total. The second kappa shape index (κ2) is 7.64. The monoisotopic (exact) mass is 314 g/mol. The van der Waals surface area contributed by atoms with Gasteiger partial charge < -0.3 is 14.5 Å². The van der Waals surface area contributed by atoms with Crippen molar-refractivity contribution in [2.45, 2.75) is 25.8 Å². The molecule has 0 spiro atoms. The SMILES string of the molecule is CN(Cc1ccc(N2CCOCC2)cc1)C(=O)C1CC=CCC1. The van der Waals surface area contributed by atoms with Crippen molar-refractivity contribution < 1.29 is 9.53 Å². The third kappa shape index (κ3) is 4.14. The number of amides is 1. The lowest BCUT2D eigenvalue weighted by molar-refractivity contribution is -0.135. The molecule has 1 amide bonds. The first-order valence-corrected chi connectivity index (χ1v) is 8.55. The summed E-state index contributed by atoms with van der Waals surface area (Å²) in [6, 6.07) is 8.58. The normalized spacial score (nSPS) is 21.3. The molecular formula is C19H26N2O2. The number of hydrogen-bond acceptors (Lipinski definition) is 3. The van der Waals surface area contributed by atoms with Crippen LogP contribution in [0.5, 0.6) is 0 Å². The van der Waals surface area contributed by atoms with E-state index < -0.39 is 0 Å². The summed E-state index contributed by atoms with van der Waals surface area (Å²) >= 11 is 0. The molecule has 3 rings (SSSR count). The molecule has 0 radical (unpaired) electrons. The summed E-state index contributed by atoms with van der Waals surface area (Å²) in [5, 5.41) is 0. The van der Waals surface area contributed by atoms with Crippen LogP contribution in [0.3, 0.4) is 0 Å². The summed E-state index contributed by atoms with van der Waals surface area (Å²) in [5.41, 5.74) is 2.42. The van der Waals surface area contributed by atoms with Gasteiger partial charge in [0.15, 0.2) is 0 Å². The fourth-order valence-corrected chi connectivity index (χ4v) is 3.32. The number of carbonyl (C=O) groups excluding carboxylic acids is 1. The van der Waals surface area contributed by atoms with Gasteiger partial charge in [0.1, 0.15) is 0 Å². The summed E-state index contributed by atoms with van der Waals surface area (Å²) in [7, 11) is 1.91. The molecule has 4 heteroatoms. The Morgan fingerprint density at radius 2 is 1.96 bits per heavy atom. The summed E-state index contributed by atoms with van der Waals surface area (Å²) in [5.74, 6) is 0.434. The average molecular weight is 314 g/mol. The van der Waals surface area contributed by atoms with E-state index in [0.29, 0.717) is 6.54 Å². The Bertz CT molecular complexity index is 547. The highest BCUT2D eigenvalue weighted by Crippen LogP contribution is 2.22. The van der Waals surface area contributed by atoms with Crippen LogP contribution in [0.2, 0.25) is 0 Å². The van der Waals surface area contributed by atoms with Crippen molar-refractivity contribution in [3.8, 4) is 0 Å². The maximum absolute atomic E-state index is 12.5. The molecule has 1 atom stereocenters. The number of nitrogens with zero attached hydrogens (tertiary/aromatic N) is 2. The minimum absolute atomic E-state index is 0.164. The Hall–Kier alpha value is -1.81. The van der Waals surface area contributed by atoms with Crippen molar-refractivity contribution >= 4 is 11.6 Å². The maximum Gasteiger partial charge on any atom is 0.226 e. The summed E-state index contributed by atoms with van der Waals surface area (Å²) in [6.45, 7) is 4.19. The van der Waals surface area contributed by atoms with E-state index in [0.717, 1.165) is 45.6 Å². The number of hydrogen-bond donors (Lipinski definition) is 0. The molecule has 124 valence electrons. The van der Waals surface area contributed by atoms with Crippen LogP contribution in [0.4, 0.5) is 5.69 Å². The number of allylic oxidation sites excluding steroid dienone is 2. The molecule has 0 aromatic heterocycles. The fraction of sp³-hybridized carbons (Fsp3) is 0.526. The lowest BCUT2D eigenvalue weighted by Crippen LogP contribution is -2.36. The zero-order chi connectivity index (χ0) is 16.1. The predicted molar refractivity (Wildman–Crippen MR) is 92.4 cm³/mol. The molecule has 0 bridgehead atoms. The number of benzene rings is 1. The first-order chi connectivity index (χ1) is 11.2. The number of rotatable bonds is 4. The maximum atomic E-state index is 12.5. The standard InChI is InChI=1S/C19H26N2O2/c1-20(19(22)17-5-3-2-4-6-17)15-16-7-9-18(10-8-16)21-11-13-23-14-12-21/h2-3,7-10,17H,4-6,11-15H2,1H3. The van der Waals surface area contributed by atoms with E-state index in [-0.39, 0.29) is 11.8 Å². The van der Waals surface area contributed by atoms with Crippen LogP contribution in [0.25, 0.3) is 0 Å². The highest BCUT2D eigenvalue weighted by molar-refractivity contribution is 5.79. The minimum Gasteiger partial charge on any atom is -0.378 e. The smallest absolute Gasteiger partial charge is 0.226 e. The summed E-state index contributed by atoms with van der Waals surface area (Å²) in [4.78, 5) is 16.7. The summed E-state index contributed by atoms with van der Waals surface area (Å²) in [6.07, 6.45) is 7.21. The molecule has 1 saturated heterocycles. The fourth-order valence-electron chi connectivity index (χ4n) is 3.32. The quantitative estimate of drug-likeness (QED) is 0.801. The predicted octanol–water partition coefficient (Wildman–Crippen LogP) is 2.84. The second-order valence-electron chi connectivity index (χ2n) is 6.44. The van der Waals surface area contributed by atoms with Gasteiger partial charge in [0.05, 0.1) is 13.2 Å². The van der Waals surface area contributed by atoms with Gasteiger partial charge in [0.25, 0.3) is 0 Å². The van der Waals surface area contributed by atoms with E-state index in [1.165, 1.54) is 11.3 Å². The van der Waals surface area contributed by atoms with E-state index in [1.54, 1.807) is 0 Å². The van der Waals surface area contributed by atoms with Gasteiger partial charge in [0.2, 0.25) is 5.91 Å². The Labute approximate surface area is 138 Å². The molecule has 1 unspecified atom stereocenters. The first kappa shape index (κ1) is 16.1. The minimum atomic E-state index is 0.164. The van der Waals surface area contributed by atoms with E-state index in [1.807, 2.05) is 11.9 Å². The van der Waals surface area contributed by atoms with Gasteiger partial charge in [-0.05, 0) is 37.0 Å². The van der Waals surface area contributed by atoms with E-state index in [4.69, 9.17) is 4.74 Å². The molecule has 1 aliphatic carbocycles. The lowest BCUT2D eigenvalue weighted by atomic mass is 9.93. The molecular weight excluding hydrogens is 288 g/mol. The molecule has 0 saturated carbocycles. The Kier molecular flexibility index (Phi) is 5.34. The number of morpholine rings is 1. The van der Waals surface area contributed by atoms with Crippen LogP contribution in [-0.4, -0.2) is 44.2 Å². The zero-order valence-electron chi connectivity index (χ0n) is 13.9. The number of carbonyl (C=O) groups is 1. The van der Waals surface area contributed by atoms with E-state index in [9.17, 15) is 4.79 Å². The highest BCUT2D eigenvalue weighted by atomic mass is 16.5. The van der Waals surface area contributed by atoms with Crippen molar-refractivity contribution in [2.24, 2.45) is 5.92 Å². The Balaban J connectivity index is 1.56. The molecule has 2 aliphatic rings. The van der Waals surface area contributed by atoms with E-state index in [2.05, 4.69) is 41.3 Å². The van der Waals surface area contributed by atoms with Gasteiger partial charge in [-0.3, -0.25) is 4.79 Å². The van der Waals surface area contributed by atoms with Gasteiger partial charge in [-0.15, -0.1) is 0 Å². The third-order valence-corrected chi connectivity index (χ3v) is 4.73. The molecule has 1 aromatic carbocycles. The van der Waals surface area contributed by atoms with Gasteiger partial charge >= 0.3 is 0 Å². The van der Waals surface area contributed by atoms with Gasteiger partial charge in [-0.25, -0.2) is 0 Å². The van der Waals surface area contributed by atoms with Crippen LogP contribution in [0.1, 0.15) is 24.8 Å². The van der Waals surface area contributed by atoms with E-state index >= 15 is 0 Å². The molecule has 1 heterocycles. The number of anilines is 1. The Morgan fingerprint density at radius 1 is 1.22 bits per heavy atom. The molecule has 23 heavy (non-hydrogen) atoms. The van der Waals surface area contributed by atoms with Gasteiger partial charge in [-0.2, -0.15) is 0 Å². The van der Waals surface area contributed by atoms with Crippen LogP contribution < -0.4 is 4.90 Å². The van der Waals surface area contributed by atoms with Crippen molar-refractivity contribution in [3.05, 3.63) is 42.0 Å². The van der Waals surface area contributed by atoms with Gasteiger partial charge in [-0.1, -0.05) is 24.3 Å².